The Hall–Kier alpha value is -2.99. The fourth-order valence-corrected chi connectivity index (χ4v) is 2.64. The van der Waals surface area contributed by atoms with Crippen LogP contribution < -0.4 is 10.9 Å². The summed E-state index contributed by atoms with van der Waals surface area (Å²) in [6, 6.07) is 14.8. The lowest BCUT2D eigenvalue weighted by molar-refractivity contribution is -0.120. The van der Waals surface area contributed by atoms with E-state index in [1.807, 2.05) is 30.3 Å². The molecule has 1 aromatic heterocycles. The van der Waals surface area contributed by atoms with Crippen LogP contribution in [0.4, 0.5) is 0 Å². The summed E-state index contributed by atoms with van der Waals surface area (Å²) in [5, 5.41) is 3.32. The van der Waals surface area contributed by atoms with Crippen molar-refractivity contribution in [1.29, 1.82) is 0 Å². The number of carbonyl (C=O) groups excluding carboxylic acids is 1. The highest BCUT2D eigenvalue weighted by Gasteiger charge is 2.07. The van der Waals surface area contributed by atoms with Crippen LogP contribution in [0.2, 0.25) is 0 Å². The molecular weight excluding hydrogens is 318 g/mol. The number of para-hydroxylation sites is 1. The number of aromatic nitrogens is 2. The lowest BCUT2D eigenvalue weighted by Crippen LogP contribution is -2.27. The van der Waals surface area contributed by atoms with Gasteiger partial charge in [-0.05, 0) is 23.3 Å². The number of H-pyrrole nitrogens is 1. The van der Waals surface area contributed by atoms with Gasteiger partial charge in [0.1, 0.15) is 5.82 Å². The Morgan fingerprint density at radius 2 is 1.96 bits per heavy atom. The van der Waals surface area contributed by atoms with Crippen molar-refractivity contribution in [2.24, 2.45) is 0 Å². The van der Waals surface area contributed by atoms with E-state index < -0.39 is 0 Å². The minimum atomic E-state index is -0.206. The number of benzene rings is 2. The summed E-state index contributed by atoms with van der Waals surface area (Å²) in [5.74, 6) is 0.301. The molecule has 0 spiro atoms. The van der Waals surface area contributed by atoms with Crippen LogP contribution in [0.5, 0.6) is 0 Å². The zero-order chi connectivity index (χ0) is 17.6. The molecule has 0 bridgehead atoms. The lowest BCUT2D eigenvalue weighted by Gasteiger charge is -2.07. The van der Waals surface area contributed by atoms with Gasteiger partial charge in [0.15, 0.2) is 0 Å². The molecule has 2 aromatic carbocycles. The number of methoxy groups -OCH3 is 1. The molecule has 0 atom stereocenters. The summed E-state index contributed by atoms with van der Waals surface area (Å²) in [4.78, 5) is 31.2. The predicted molar refractivity (Wildman–Crippen MR) is 95.1 cm³/mol. The second-order valence-electron chi connectivity index (χ2n) is 5.74. The van der Waals surface area contributed by atoms with E-state index in [2.05, 4.69) is 15.3 Å². The molecule has 0 aliphatic heterocycles. The van der Waals surface area contributed by atoms with E-state index in [9.17, 15) is 9.59 Å². The minimum Gasteiger partial charge on any atom is -0.380 e. The Balaban J connectivity index is 1.64. The van der Waals surface area contributed by atoms with Crippen molar-refractivity contribution in [1.82, 2.24) is 15.3 Å². The van der Waals surface area contributed by atoms with Gasteiger partial charge in [0.25, 0.3) is 5.56 Å². The van der Waals surface area contributed by atoms with Crippen LogP contribution in [0.15, 0.2) is 53.3 Å². The zero-order valence-corrected chi connectivity index (χ0v) is 13.9. The van der Waals surface area contributed by atoms with Crippen molar-refractivity contribution in [3.05, 3.63) is 75.8 Å². The fraction of sp³-hybridized carbons (Fsp3) is 0.211. The summed E-state index contributed by atoms with van der Waals surface area (Å²) < 4.78 is 5.10. The van der Waals surface area contributed by atoms with Crippen LogP contribution in [0.25, 0.3) is 10.9 Å². The van der Waals surface area contributed by atoms with Gasteiger partial charge in [0.05, 0.1) is 30.5 Å². The van der Waals surface area contributed by atoms with Crippen molar-refractivity contribution in [2.75, 3.05) is 7.11 Å². The summed E-state index contributed by atoms with van der Waals surface area (Å²) in [6.07, 6.45) is 0.259. The van der Waals surface area contributed by atoms with Gasteiger partial charge < -0.3 is 15.0 Å². The van der Waals surface area contributed by atoms with E-state index in [0.29, 0.717) is 23.3 Å². The van der Waals surface area contributed by atoms with Gasteiger partial charge in [-0.3, -0.25) is 9.59 Å². The normalized spacial score (nSPS) is 10.8. The zero-order valence-electron chi connectivity index (χ0n) is 13.9. The third kappa shape index (κ3) is 4.30. The number of fused-ring (bicyclic) bond motifs is 1. The van der Waals surface area contributed by atoms with Gasteiger partial charge >= 0.3 is 0 Å². The first-order chi connectivity index (χ1) is 12.2. The molecule has 0 fully saturated rings. The van der Waals surface area contributed by atoms with Crippen LogP contribution in [0.1, 0.15) is 17.0 Å². The highest BCUT2D eigenvalue weighted by atomic mass is 16.5. The summed E-state index contributed by atoms with van der Waals surface area (Å²) in [7, 11) is 1.64. The molecule has 0 saturated carbocycles. The SMILES string of the molecule is COCc1cccc(CC(=O)NCc2nc3ccccc3c(=O)[nH]2)c1. The van der Waals surface area contributed by atoms with E-state index in [1.165, 1.54) is 0 Å². The maximum atomic E-state index is 12.1. The first-order valence-electron chi connectivity index (χ1n) is 7.97. The van der Waals surface area contributed by atoms with Crippen molar-refractivity contribution < 1.29 is 9.53 Å². The third-order valence-corrected chi connectivity index (χ3v) is 3.78. The monoisotopic (exact) mass is 337 g/mol. The van der Waals surface area contributed by atoms with Gasteiger partial charge in [-0.2, -0.15) is 0 Å². The fourth-order valence-electron chi connectivity index (χ4n) is 2.64. The highest BCUT2D eigenvalue weighted by Crippen LogP contribution is 2.08. The van der Waals surface area contributed by atoms with E-state index in [4.69, 9.17) is 4.74 Å². The highest BCUT2D eigenvalue weighted by molar-refractivity contribution is 5.79. The number of nitrogens with zero attached hydrogens (tertiary/aromatic N) is 1. The lowest BCUT2D eigenvalue weighted by atomic mass is 10.1. The number of carbonyl (C=O) groups is 1. The maximum absolute atomic E-state index is 12.1. The van der Waals surface area contributed by atoms with Crippen molar-refractivity contribution in [2.45, 2.75) is 19.6 Å². The van der Waals surface area contributed by atoms with Gasteiger partial charge in [0, 0.05) is 7.11 Å². The summed E-state index contributed by atoms with van der Waals surface area (Å²) in [5.41, 5.74) is 2.34. The van der Waals surface area contributed by atoms with Crippen LogP contribution in [0.3, 0.4) is 0 Å². The number of amides is 1. The second-order valence-corrected chi connectivity index (χ2v) is 5.74. The minimum absolute atomic E-state index is 0.134. The first-order valence-corrected chi connectivity index (χ1v) is 7.97. The third-order valence-electron chi connectivity index (χ3n) is 3.78. The summed E-state index contributed by atoms with van der Waals surface area (Å²) >= 11 is 0. The van der Waals surface area contributed by atoms with E-state index >= 15 is 0 Å². The van der Waals surface area contributed by atoms with E-state index in [1.54, 1.807) is 25.3 Å². The number of hydrogen-bond acceptors (Lipinski definition) is 4. The number of hydrogen-bond donors (Lipinski definition) is 2. The molecule has 6 nitrogen and oxygen atoms in total. The van der Waals surface area contributed by atoms with Gasteiger partial charge in [-0.25, -0.2) is 4.98 Å². The summed E-state index contributed by atoms with van der Waals surface area (Å²) in [6.45, 7) is 0.689. The molecule has 0 aliphatic carbocycles. The molecule has 3 rings (SSSR count). The van der Waals surface area contributed by atoms with Crippen LogP contribution in [0, 0.1) is 0 Å². The Bertz CT molecular complexity index is 950. The number of rotatable bonds is 6. The Kier molecular flexibility index (Phi) is 5.20. The Labute approximate surface area is 144 Å². The molecule has 0 saturated heterocycles. The smallest absolute Gasteiger partial charge is 0.258 e. The second kappa shape index (κ2) is 7.72. The van der Waals surface area contributed by atoms with Gasteiger partial charge in [-0.15, -0.1) is 0 Å². The van der Waals surface area contributed by atoms with Crippen molar-refractivity contribution in [3.63, 3.8) is 0 Å². The predicted octanol–water partition coefficient (Wildman–Crippen LogP) is 1.93. The average molecular weight is 337 g/mol. The quantitative estimate of drug-likeness (QED) is 0.720. The van der Waals surface area contributed by atoms with Crippen LogP contribution in [-0.4, -0.2) is 23.0 Å². The topological polar surface area (TPSA) is 84.1 Å². The molecule has 25 heavy (non-hydrogen) atoms. The van der Waals surface area contributed by atoms with Crippen LogP contribution in [-0.2, 0) is 29.1 Å². The molecule has 0 aliphatic rings. The largest absolute Gasteiger partial charge is 0.380 e. The van der Waals surface area contributed by atoms with Gasteiger partial charge in [0.2, 0.25) is 5.91 Å². The number of nitrogens with one attached hydrogen (secondary N) is 2. The molecule has 128 valence electrons. The molecular formula is C19H19N3O3. The standard InChI is InChI=1S/C19H19N3O3/c1-25-12-14-6-4-5-13(9-14)10-18(23)20-11-17-21-16-8-3-2-7-15(16)19(24)22-17/h2-9H,10-12H2,1H3,(H,20,23)(H,21,22,24). The van der Waals surface area contributed by atoms with E-state index in [-0.39, 0.29) is 24.4 Å². The van der Waals surface area contributed by atoms with Crippen molar-refractivity contribution >= 4 is 16.8 Å². The number of ether oxygens (including phenoxy) is 1. The average Bonchev–Trinajstić information content (AvgIpc) is 2.61. The molecule has 1 heterocycles. The first kappa shape index (κ1) is 16.9. The number of aromatic amines is 1. The Morgan fingerprint density at radius 1 is 1.16 bits per heavy atom. The molecule has 3 aromatic rings. The molecule has 1 amide bonds. The van der Waals surface area contributed by atoms with Gasteiger partial charge in [-0.1, -0.05) is 36.4 Å². The molecule has 0 radical (unpaired) electrons. The maximum Gasteiger partial charge on any atom is 0.258 e. The van der Waals surface area contributed by atoms with E-state index in [0.717, 1.165) is 11.1 Å². The van der Waals surface area contributed by atoms with Crippen LogP contribution >= 0.6 is 0 Å². The molecule has 0 unspecified atom stereocenters. The molecule has 2 N–H and O–H groups in total. The van der Waals surface area contributed by atoms with Crippen molar-refractivity contribution in [3.8, 4) is 0 Å². The molecule has 6 heteroatoms. The Morgan fingerprint density at radius 3 is 2.80 bits per heavy atom.